The molecule has 62 heavy (non-hydrogen) atoms. The Bertz CT molecular complexity index is 2630. The lowest BCUT2D eigenvalue weighted by atomic mass is 9.96. The van der Waals surface area contributed by atoms with E-state index in [0.29, 0.717) is 37.1 Å². The third-order valence-electron chi connectivity index (χ3n) is 10.4. The van der Waals surface area contributed by atoms with Crippen molar-refractivity contribution < 1.29 is 9.59 Å². The summed E-state index contributed by atoms with van der Waals surface area (Å²) < 4.78 is 3.79. The van der Waals surface area contributed by atoms with Crippen molar-refractivity contribution in [3.63, 3.8) is 0 Å². The van der Waals surface area contributed by atoms with Gasteiger partial charge in [-0.3, -0.25) is 19.6 Å². The number of Topliss-reactive ketones (excluding diaryl/α,β-unsaturated/α-hetero) is 2. The number of imidazole rings is 2. The van der Waals surface area contributed by atoms with Crippen molar-refractivity contribution in [1.29, 1.82) is 0 Å². The number of ketones is 2. The predicted molar refractivity (Wildman–Crippen MR) is 243 cm³/mol. The molecule has 0 N–H and O–H groups in total. The molecule has 0 aromatic carbocycles. The topological polar surface area (TPSA) is 173 Å². The third kappa shape index (κ3) is 10.5. The van der Waals surface area contributed by atoms with E-state index >= 15 is 0 Å². The number of pyridine rings is 2. The summed E-state index contributed by atoms with van der Waals surface area (Å²) in [5, 5.41) is 1.99. The minimum Gasteiger partial charge on any atom is -0.334 e. The number of hydrogen-bond donors (Lipinski definition) is 0. The normalized spacial score (nSPS) is 12.9. The van der Waals surface area contributed by atoms with E-state index in [9.17, 15) is 9.59 Å². The Hall–Kier alpha value is -6.00. The first-order valence-corrected chi connectivity index (χ1v) is 22.2. The first kappa shape index (κ1) is 44.1. The minimum absolute atomic E-state index is 0.0247. The average Bonchev–Trinajstić information content (AvgIpc) is 4.06. The summed E-state index contributed by atoms with van der Waals surface area (Å²) >= 11 is 3.27. The van der Waals surface area contributed by atoms with Crippen molar-refractivity contribution in [1.82, 2.24) is 59.0 Å². The predicted octanol–water partition coefficient (Wildman–Crippen LogP) is 8.96. The molecule has 0 aliphatic heterocycles. The fourth-order valence-electron chi connectivity index (χ4n) is 6.62. The highest BCUT2D eigenvalue weighted by Gasteiger charge is 2.21. The van der Waals surface area contributed by atoms with Crippen molar-refractivity contribution in [3.05, 3.63) is 128 Å². The maximum Gasteiger partial charge on any atom is 0.181 e. The van der Waals surface area contributed by atoms with E-state index < -0.39 is 0 Å². The van der Waals surface area contributed by atoms with E-state index in [1.807, 2.05) is 72.5 Å². The molecule has 0 saturated carbocycles. The van der Waals surface area contributed by atoms with Crippen LogP contribution in [0.2, 0.25) is 0 Å². The number of hydrogen-bond acceptors (Lipinski definition) is 14. The van der Waals surface area contributed by atoms with Crippen LogP contribution < -0.4 is 0 Å². The molecular weight excluding hydrogens is 817 g/mol. The van der Waals surface area contributed by atoms with Crippen LogP contribution in [0.5, 0.6) is 0 Å². The first-order valence-electron chi connectivity index (χ1n) is 20.5. The lowest BCUT2D eigenvalue weighted by Gasteiger charge is -2.15. The molecule has 14 nitrogen and oxygen atoms in total. The fourth-order valence-corrected chi connectivity index (χ4v) is 8.63. The van der Waals surface area contributed by atoms with E-state index in [4.69, 9.17) is 0 Å². The largest absolute Gasteiger partial charge is 0.334 e. The Balaban J connectivity index is 0.000000186. The van der Waals surface area contributed by atoms with Crippen molar-refractivity contribution in [2.45, 2.75) is 104 Å². The van der Waals surface area contributed by atoms with Crippen LogP contribution in [0.15, 0.2) is 74.4 Å². The Morgan fingerprint density at radius 2 is 0.903 bits per heavy atom. The highest BCUT2D eigenvalue weighted by atomic mass is 32.1. The van der Waals surface area contributed by atoms with Crippen LogP contribution in [0.4, 0.5) is 0 Å². The van der Waals surface area contributed by atoms with Crippen molar-refractivity contribution in [3.8, 4) is 0 Å². The molecule has 0 saturated heterocycles. The van der Waals surface area contributed by atoms with Gasteiger partial charge in [0, 0.05) is 97.5 Å². The molecule has 2 atom stereocenters. The molecule has 0 amide bonds. The van der Waals surface area contributed by atoms with Gasteiger partial charge in [0.15, 0.2) is 11.6 Å². The van der Waals surface area contributed by atoms with Gasteiger partial charge in [-0.05, 0) is 35.1 Å². The zero-order valence-corrected chi connectivity index (χ0v) is 38.5. The minimum atomic E-state index is -0.0645. The molecule has 8 aromatic rings. The molecule has 0 fully saturated rings. The molecule has 0 aliphatic rings. The third-order valence-corrected chi connectivity index (χ3v) is 12.8. The molecule has 0 unspecified atom stereocenters. The van der Waals surface area contributed by atoms with Gasteiger partial charge < -0.3 is 9.13 Å². The lowest BCUT2D eigenvalue weighted by Crippen LogP contribution is -2.15. The number of aryl methyl sites for hydroxylation is 2. The zero-order chi connectivity index (χ0) is 44.3. The van der Waals surface area contributed by atoms with Crippen LogP contribution in [0.1, 0.15) is 144 Å². The van der Waals surface area contributed by atoms with Gasteiger partial charge in [-0.25, -0.2) is 39.9 Å². The Morgan fingerprint density at radius 3 is 1.26 bits per heavy atom. The average molecular weight is 869 g/mol. The van der Waals surface area contributed by atoms with Gasteiger partial charge in [0.25, 0.3) is 0 Å². The molecule has 8 heterocycles. The zero-order valence-electron chi connectivity index (χ0n) is 36.9. The van der Waals surface area contributed by atoms with Gasteiger partial charge in [-0.1, -0.05) is 55.4 Å². The first-order chi connectivity index (χ1) is 29.4. The van der Waals surface area contributed by atoms with E-state index in [2.05, 4.69) is 105 Å². The monoisotopic (exact) mass is 868 g/mol. The number of nitrogens with zero attached hydrogens (tertiary/aromatic N) is 12. The second-order valence-electron chi connectivity index (χ2n) is 17.9. The van der Waals surface area contributed by atoms with Crippen molar-refractivity contribution in [2.75, 3.05) is 0 Å². The highest BCUT2D eigenvalue weighted by Crippen LogP contribution is 2.30. The smallest absolute Gasteiger partial charge is 0.181 e. The Morgan fingerprint density at radius 1 is 0.532 bits per heavy atom. The summed E-state index contributed by atoms with van der Waals surface area (Å²) in [7, 11) is 3.82. The van der Waals surface area contributed by atoms with E-state index in [1.54, 1.807) is 47.7 Å². The molecule has 0 radical (unpaired) electrons. The quantitative estimate of drug-likeness (QED) is 0.107. The number of thiazole rings is 2. The molecule has 8 rings (SSSR count). The Labute approximate surface area is 369 Å². The van der Waals surface area contributed by atoms with Crippen LogP contribution in [0.25, 0.3) is 22.1 Å². The van der Waals surface area contributed by atoms with Crippen molar-refractivity contribution in [2.24, 2.45) is 14.1 Å². The van der Waals surface area contributed by atoms with Crippen LogP contribution in [0, 0.1) is 0 Å². The molecule has 16 heteroatoms. The highest BCUT2D eigenvalue weighted by molar-refractivity contribution is 7.12. The van der Waals surface area contributed by atoms with Crippen LogP contribution in [-0.2, 0) is 37.8 Å². The van der Waals surface area contributed by atoms with E-state index in [1.165, 1.54) is 0 Å². The summed E-state index contributed by atoms with van der Waals surface area (Å²) in [6.07, 6.45) is 20.2. The number of carbonyl (C=O) groups excluding carboxylic acids is 2. The molecular formula is C46H52N12O2S2. The van der Waals surface area contributed by atoms with Crippen LogP contribution in [0.3, 0.4) is 0 Å². The maximum absolute atomic E-state index is 12.8. The molecule has 0 spiro atoms. The molecule has 0 bridgehead atoms. The lowest BCUT2D eigenvalue weighted by molar-refractivity contribution is 0.0963. The van der Waals surface area contributed by atoms with Gasteiger partial charge in [0.05, 0.1) is 46.1 Å². The summed E-state index contributed by atoms with van der Waals surface area (Å²) in [5.74, 6) is 1.86. The molecule has 320 valence electrons. The van der Waals surface area contributed by atoms with Crippen LogP contribution >= 0.6 is 22.7 Å². The second-order valence-corrected chi connectivity index (χ2v) is 20.2. The maximum atomic E-state index is 12.8. The van der Waals surface area contributed by atoms with Gasteiger partial charge in [-0.15, -0.1) is 22.7 Å². The van der Waals surface area contributed by atoms with Gasteiger partial charge >= 0.3 is 0 Å². The standard InChI is InChI=1S/2C23H26N6OS/c2*1-14(6-19(30)16-8-18-17(11-24-16)28-13-29(18)5)20-12-25-21(31-20)7-15-9-26-22(27-10-15)23(2,3)4/h2*8-14H,6-7H2,1-5H3/t2*14-/m10/s1. The fraction of sp³-hybridized carbons (Fsp3) is 0.391. The summed E-state index contributed by atoms with van der Waals surface area (Å²) in [6.45, 7) is 16.7. The van der Waals surface area contributed by atoms with Gasteiger partial charge in [0.1, 0.15) is 34.1 Å². The molecule has 8 aromatic heterocycles. The van der Waals surface area contributed by atoms with Crippen molar-refractivity contribution >= 4 is 56.3 Å². The number of carbonyl (C=O) groups is 2. The Kier molecular flexibility index (Phi) is 12.9. The second kappa shape index (κ2) is 18.2. The summed E-state index contributed by atoms with van der Waals surface area (Å²) in [4.78, 5) is 72.0. The van der Waals surface area contributed by atoms with Gasteiger partial charge in [0.2, 0.25) is 0 Å². The molecule has 0 aliphatic carbocycles. The van der Waals surface area contributed by atoms with E-state index in [0.717, 1.165) is 64.6 Å². The summed E-state index contributed by atoms with van der Waals surface area (Å²) in [5.41, 5.74) is 6.29. The van der Waals surface area contributed by atoms with E-state index in [-0.39, 0.29) is 34.2 Å². The SMILES string of the molecule is C[C@@H](CC(=O)c1cc2c(cn1)ncn2C)c1cnc(Cc2cnc(C(C)(C)C)nc2)s1.C[C@H](CC(=O)c1cc2c(cn1)ncn2C)c1cnc(Cc2cnc(C(C)(C)C)nc2)s1. The number of fused-ring (bicyclic) bond motifs is 2. The van der Waals surface area contributed by atoms with Crippen LogP contribution in [-0.4, -0.2) is 70.5 Å². The van der Waals surface area contributed by atoms with Gasteiger partial charge in [-0.2, -0.15) is 0 Å². The number of rotatable bonds is 12. The number of aromatic nitrogens is 12. The summed E-state index contributed by atoms with van der Waals surface area (Å²) in [6, 6.07) is 3.63.